The lowest BCUT2D eigenvalue weighted by molar-refractivity contribution is -0.00353. The molecule has 0 spiro atoms. The van der Waals surface area contributed by atoms with Crippen LogP contribution in [0.2, 0.25) is 0 Å². The van der Waals surface area contributed by atoms with Crippen molar-refractivity contribution in [3.8, 4) is 0 Å². The van der Waals surface area contributed by atoms with Gasteiger partial charge in [-0.3, -0.25) is 0 Å². The molecule has 2 rings (SSSR count). The van der Waals surface area contributed by atoms with E-state index >= 15 is 0 Å². The van der Waals surface area contributed by atoms with Gasteiger partial charge >= 0.3 is 6.09 Å². The second kappa shape index (κ2) is 6.33. The Morgan fingerprint density at radius 3 is 2.40 bits per heavy atom. The van der Waals surface area contributed by atoms with E-state index in [1.807, 2.05) is 25.7 Å². The van der Waals surface area contributed by atoms with Crippen LogP contribution < -0.4 is 5.73 Å². The number of amides is 1. The molecule has 0 unspecified atom stereocenters. The predicted molar refractivity (Wildman–Crippen MR) is 80.5 cm³/mol. The van der Waals surface area contributed by atoms with Gasteiger partial charge < -0.3 is 15.4 Å². The van der Waals surface area contributed by atoms with Crippen molar-refractivity contribution >= 4 is 6.09 Å². The Kier molecular flexibility index (Phi) is 4.95. The summed E-state index contributed by atoms with van der Waals surface area (Å²) in [6.07, 6.45) is 7.95. The maximum atomic E-state index is 12.4. The van der Waals surface area contributed by atoms with Gasteiger partial charge in [-0.05, 0) is 58.8 Å². The smallest absolute Gasteiger partial charge is 0.410 e. The molecule has 0 aromatic carbocycles. The largest absolute Gasteiger partial charge is 0.444 e. The number of hydrogen-bond donors (Lipinski definition) is 1. The van der Waals surface area contributed by atoms with Crippen molar-refractivity contribution in [3.63, 3.8) is 0 Å². The van der Waals surface area contributed by atoms with Crippen molar-refractivity contribution in [2.45, 2.75) is 83.4 Å². The molecule has 1 heterocycles. The third-order valence-electron chi connectivity index (χ3n) is 4.55. The maximum absolute atomic E-state index is 12.4. The molecular formula is C16H30N2O2. The number of hydrogen-bond acceptors (Lipinski definition) is 3. The summed E-state index contributed by atoms with van der Waals surface area (Å²) >= 11 is 0. The average Bonchev–Trinajstić information content (AvgIpc) is 2.37. The van der Waals surface area contributed by atoms with Crippen LogP contribution in [0.15, 0.2) is 0 Å². The molecule has 2 N–H and O–H groups in total. The summed E-state index contributed by atoms with van der Waals surface area (Å²) in [4.78, 5) is 14.4. The molecule has 0 bridgehead atoms. The number of nitrogens with zero attached hydrogens (tertiary/aromatic N) is 1. The molecule has 20 heavy (non-hydrogen) atoms. The van der Waals surface area contributed by atoms with E-state index in [0.29, 0.717) is 5.92 Å². The highest BCUT2D eigenvalue weighted by Gasteiger charge is 2.38. The van der Waals surface area contributed by atoms with Crippen LogP contribution in [0.25, 0.3) is 0 Å². The number of nitrogens with two attached hydrogens (primary N) is 1. The van der Waals surface area contributed by atoms with E-state index in [1.165, 1.54) is 19.3 Å². The third-order valence-corrected chi connectivity index (χ3v) is 4.55. The minimum atomic E-state index is -0.423. The van der Waals surface area contributed by atoms with Crippen molar-refractivity contribution in [3.05, 3.63) is 0 Å². The number of likely N-dealkylation sites (tertiary alicyclic amines) is 1. The van der Waals surface area contributed by atoms with Crippen molar-refractivity contribution in [2.75, 3.05) is 6.54 Å². The Morgan fingerprint density at radius 1 is 1.10 bits per heavy atom. The van der Waals surface area contributed by atoms with E-state index in [2.05, 4.69) is 0 Å². The van der Waals surface area contributed by atoms with E-state index in [9.17, 15) is 4.79 Å². The molecule has 1 aliphatic heterocycles. The number of rotatable bonds is 1. The Hall–Kier alpha value is -0.770. The lowest BCUT2D eigenvalue weighted by Crippen LogP contribution is -2.53. The average molecular weight is 282 g/mol. The van der Waals surface area contributed by atoms with Crippen LogP contribution in [-0.4, -0.2) is 35.2 Å². The third kappa shape index (κ3) is 3.87. The quantitative estimate of drug-likeness (QED) is 0.803. The molecule has 4 nitrogen and oxygen atoms in total. The van der Waals surface area contributed by atoms with Gasteiger partial charge in [0, 0.05) is 18.6 Å². The summed E-state index contributed by atoms with van der Waals surface area (Å²) in [5.41, 5.74) is 5.90. The SMILES string of the molecule is CC(C)(C)OC(=O)N1CCCC[C@@H]1[C@H]1CCCC[C@H]1N. The molecule has 116 valence electrons. The predicted octanol–water partition coefficient (Wildman–Crippen LogP) is 3.29. The molecule has 1 saturated heterocycles. The summed E-state index contributed by atoms with van der Waals surface area (Å²) in [5, 5.41) is 0. The standard InChI is InChI=1S/C16H30N2O2/c1-16(2,3)20-15(19)18-11-7-6-10-14(18)12-8-4-5-9-13(12)17/h12-14H,4-11,17H2,1-3H3/t12-,13+,14+/m0/s1. The summed E-state index contributed by atoms with van der Waals surface area (Å²) in [5.74, 6) is 0.455. The van der Waals surface area contributed by atoms with Crippen molar-refractivity contribution in [1.29, 1.82) is 0 Å². The first-order chi connectivity index (χ1) is 9.38. The van der Waals surface area contributed by atoms with Crippen molar-refractivity contribution in [1.82, 2.24) is 4.90 Å². The van der Waals surface area contributed by atoms with Gasteiger partial charge in [0.05, 0.1) is 0 Å². The molecule has 4 heteroatoms. The summed E-state index contributed by atoms with van der Waals surface area (Å²) < 4.78 is 5.58. The Morgan fingerprint density at radius 2 is 1.75 bits per heavy atom. The van der Waals surface area contributed by atoms with Gasteiger partial charge in [0.25, 0.3) is 0 Å². The lowest BCUT2D eigenvalue weighted by atomic mass is 9.77. The van der Waals surface area contributed by atoms with Gasteiger partial charge in [-0.25, -0.2) is 4.79 Å². The number of ether oxygens (including phenoxy) is 1. The van der Waals surface area contributed by atoms with E-state index in [-0.39, 0.29) is 18.2 Å². The molecular weight excluding hydrogens is 252 g/mol. The van der Waals surface area contributed by atoms with Gasteiger partial charge in [0.15, 0.2) is 0 Å². The van der Waals surface area contributed by atoms with Crippen molar-refractivity contribution < 1.29 is 9.53 Å². The molecule has 0 aromatic heterocycles. The van der Waals surface area contributed by atoms with E-state index < -0.39 is 5.60 Å². The van der Waals surface area contributed by atoms with Crippen LogP contribution in [0.1, 0.15) is 65.7 Å². The number of carbonyl (C=O) groups is 1. The Bertz CT molecular complexity index is 338. The number of piperidine rings is 1. The van der Waals surface area contributed by atoms with Crippen molar-refractivity contribution in [2.24, 2.45) is 11.7 Å². The summed E-state index contributed by atoms with van der Waals surface area (Å²) in [6.45, 7) is 6.60. The van der Waals surface area contributed by atoms with Crippen LogP contribution in [-0.2, 0) is 4.74 Å². The minimum absolute atomic E-state index is 0.153. The highest BCUT2D eigenvalue weighted by atomic mass is 16.6. The van der Waals surface area contributed by atoms with Crippen LogP contribution >= 0.6 is 0 Å². The maximum Gasteiger partial charge on any atom is 0.410 e. The minimum Gasteiger partial charge on any atom is -0.444 e. The van der Waals surface area contributed by atoms with Gasteiger partial charge in [-0.1, -0.05) is 12.8 Å². The summed E-state index contributed by atoms with van der Waals surface area (Å²) in [6, 6.07) is 0.533. The second-order valence-corrected chi connectivity index (χ2v) is 7.35. The van der Waals surface area contributed by atoms with Gasteiger partial charge in [-0.15, -0.1) is 0 Å². The Labute approximate surface area is 123 Å². The molecule has 3 atom stereocenters. The normalized spacial score (nSPS) is 32.0. The summed E-state index contributed by atoms with van der Waals surface area (Å²) in [7, 11) is 0. The zero-order chi connectivity index (χ0) is 14.8. The highest BCUT2D eigenvalue weighted by molar-refractivity contribution is 5.68. The molecule has 0 aromatic rings. The lowest BCUT2D eigenvalue weighted by Gasteiger charge is -2.44. The van der Waals surface area contributed by atoms with E-state index in [4.69, 9.17) is 10.5 Å². The fraction of sp³-hybridized carbons (Fsp3) is 0.938. The van der Waals surface area contributed by atoms with Crippen LogP contribution in [0, 0.1) is 5.92 Å². The van der Waals surface area contributed by atoms with E-state index in [0.717, 1.165) is 32.2 Å². The zero-order valence-corrected chi connectivity index (χ0v) is 13.2. The first-order valence-electron chi connectivity index (χ1n) is 8.14. The first kappa shape index (κ1) is 15.6. The monoisotopic (exact) mass is 282 g/mol. The fourth-order valence-electron chi connectivity index (χ4n) is 3.62. The van der Waals surface area contributed by atoms with E-state index in [1.54, 1.807) is 0 Å². The molecule has 1 amide bonds. The first-order valence-corrected chi connectivity index (χ1v) is 8.14. The molecule has 1 saturated carbocycles. The second-order valence-electron chi connectivity index (χ2n) is 7.35. The topological polar surface area (TPSA) is 55.6 Å². The molecule has 2 fully saturated rings. The van der Waals surface area contributed by atoms with Crippen LogP contribution in [0.4, 0.5) is 4.79 Å². The Balaban J connectivity index is 2.06. The van der Waals surface area contributed by atoms with Crippen LogP contribution in [0.5, 0.6) is 0 Å². The molecule has 0 radical (unpaired) electrons. The fourth-order valence-corrected chi connectivity index (χ4v) is 3.62. The molecule has 2 aliphatic rings. The van der Waals surface area contributed by atoms with Gasteiger partial charge in [-0.2, -0.15) is 0 Å². The highest BCUT2D eigenvalue weighted by Crippen LogP contribution is 2.33. The zero-order valence-electron chi connectivity index (χ0n) is 13.2. The van der Waals surface area contributed by atoms with Crippen LogP contribution in [0.3, 0.4) is 0 Å². The van der Waals surface area contributed by atoms with Gasteiger partial charge in [0.1, 0.15) is 5.60 Å². The van der Waals surface area contributed by atoms with Gasteiger partial charge in [0.2, 0.25) is 0 Å². The number of carbonyl (C=O) groups excluding carboxylic acids is 1. The molecule has 1 aliphatic carbocycles.